The first-order chi connectivity index (χ1) is 17.2. The molecule has 4 rings (SSSR count). The number of aliphatic hydroxyl groups excluding tert-OH is 2. The van der Waals surface area contributed by atoms with Crippen molar-refractivity contribution in [1.29, 1.82) is 0 Å². The van der Waals surface area contributed by atoms with Gasteiger partial charge in [-0.2, -0.15) is 0 Å². The SMILES string of the molecule is COc1cc(-c2cc(=O)c3c(O)cc(O)cc3o2)cc(OC)c1O[C@H](CO)[C@@H](O)c1ccc(O)cc1. The molecule has 0 fully saturated rings. The molecule has 0 aliphatic rings. The van der Waals surface area contributed by atoms with E-state index in [1.54, 1.807) is 0 Å². The Morgan fingerprint density at radius 2 is 1.53 bits per heavy atom. The lowest BCUT2D eigenvalue weighted by molar-refractivity contribution is -0.00164. The van der Waals surface area contributed by atoms with E-state index >= 15 is 0 Å². The molecule has 4 aromatic rings. The van der Waals surface area contributed by atoms with Crippen molar-refractivity contribution < 1.29 is 44.2 Å². The van der Waals surface area contributed by atoms with Crippen LogP contribution in [-0.2, 0) is 0 Å². The van der Waals surface area contributed by atoms with Crippen LogP contribution in [0.3, 0.4) is 0 Å². The van der Waals surface area contributed by atoms with Gasteiger partial charge in [0.1, 0.15) is 40.1 Å². The molecule has 0 aliphatic heterocycles. The van der Waals surface area contributed by atoms with Crippen LogP contribution in [-0.4, -0.2) is 52.5 Å². The van der Waals surface area contributed by atoms with Crippen LogP contribution in [0.2, 0.25) is 0 Å². The van der Waals surface area contributed by atoms with E-state index in [0.29, 0.717) is 11.1 Å². The molecule has 0 saturated carbocycles. The van der Waals surface area contributed by atoms with Gasteiger partial charge in [0.15, 0.2) is 23.0 Å². The number of methoxy groups -OCH3 is 2. The quantitative estimate of drug-likeness (QED) is 0.245. The highest BCUT2D eigenvalue weighted by Gasteiger charge is 2.26. The molecular formula is C26H24O10. The van der Waals surface area contributed by atoms with Crippen molar-refractivity contribution >= 4 is 11.0 Å². The molecule has 1 aromatic heterocycles. The van der Waals surface area contributed by atoms with Crippen molar-refractivity contribution in [2.45, 2.75) is 12.2 Å². The number of aliphatic hydroxyl groups is 2. The van der Waals surface area contributed by atoms with Gasteiger partial charge in [0.2, 0.25) is 5.75 Å². The van der Waals surface area contributed by atoms with E-state index in [1.807, 2.05) is 0 Å². The fourth-order valence-electron chi connectivity index (χ4n) is 3.77. The van der Waals surface area contributed by atoms with Crippen LogP contribution in [0.15, 0.2) is 63.8 Å². The zero-order valence-corrected chi connectivity index (χ0v) is 19.3. The topological polar surface area (TPSA) is 159 Å². The lowest BCUT2D eigenvalue weighted by Gasteiger charge is -2.25. The maximum Gasteiger partial charge on any atom is 0.204 e. The van der Waals surface area contributed by atoms with Crippen LogP contribution in [0.5, 0.6) is 34.5 Å². The van der Waals surface area contributed by atoms with Gasteiger partial charge in [0, 0.05) is 23.8 Å². The van der Waals surface area contributed by atoms with E-state index < -0.39 is 30.0 Å². The Balaban J connectivity index is 1.75. The molecule has 1 heterocycles. The minimum Gasteiger partial charge on any atom is -0.508 e. The molecule has 5 N–H and O–H groups in total. The Kier molecular flexibility index (Phi) is 6.91. The van der Waals surface area contributed by atoms with E-state index in [0.717, 1.165) is 6.07 Å². The molecule has 0 bridgehead atoms. The molecule has 10 nitrogen and oxygen atoms in total. The monoisotopic (exact) mass is 496 g/mol. The average molecular weight is 496 g/mol. The smallest absolute Gasteiger partial charge is 0.204 e. The van der Waals surface area contributed by atoms with Gasteiger partial charge in [-0.05, 0) is 29.8 Å². The minimum atomic E-state index is -1.25. The van der Waals surface area contributed by atoms with Crippen LogP contribution in [0.1, 0.15) is 11.7 Å². The summed E-state index contributed by atoms with van der Waals surface area (Å²) in [5, 5.41) is 49.8. The number of benzene rings is 3. The Labute approximate surface area is 204 Å². The molecule has 36 heavy (non-hydrogen) atoms. The van der Waals surface area contributed by atoms with Crippen molar-refractivity contribution in [3.05, 3.63) is 70.4 Å². The number of ether oxygens (including phenoxy) is 3. The van der Waals surface area contributed by atoms with Crippen molar-refractivity contribution in [3.63, 3.8) is 0 Å². The molecule has 0 spiro atoms. The zero-order chi connectivity index (χ0) is 26.0. The van der Waals surface area contributed by atoms with Crippen molar-refractivity contribution in [3.8, 4) is 45.8 Å². The second-order valence-corrected chi connectivity index (χ2v) is 7.90. The predicted molar refractivity (Wildman–Crippen MR) is 129 cm³/mol. The third-order valence-corrected chi connectivity index (χ3v) is 5.58. The highest BCUT2D eigenvalue weighted by Crippen LogP contribution is 2.43. The molecule has 0 aliphatic carbocycles. The van der Waals surface area contributed by atoms with Gasteiger partial charge in [-0.1, -0.05) is 12.1 Å². The summed E-state index contributed by atoms with van der Waals surface area (Å²) in [4.78, 5) is 12.6. The van der Waals surface area contributed by atoms with Gasteiger partial charge in [-0.25, -0.2) is 0 Å². The van der Waals surface area contributed by atoms with E-state index in [9.17, 15) is 30.3 Å². The second kappa shape index (κ2) is 10.1. The highest BCUT2D eigenvalue weighted by atomic mass is 16.6. The van der Waals surface area contributed by atoms with Gasteiger partial charge in [-0.15, -0.1) is 0 Å². The largest absolute Gasteiger partial charge is 0.508 e. The summed E-state index contributed by atoms with van der Waals surface area (Å²) in [6.45, 7) is -0.553. The summed E-state index contributed by atoms with van der Waals surface area (Å²) in [5.41, 5.74) is 0.216. The summed E-state index contributed by atoms with van der Waals surface area (Å²) in [5.74, 6) is -0.169. The van der Waals surface area contributed by atoms with Crippen LogP contribution in [0, 0.1) is 0 Å². The van der Waals surface area contributed by atoms with E-state index in [1.165, 1.54) is 62.8 Å². The highest BCUT2D eigenvalue weighted by molar-refractivity contribution is 5.86. The lowest BCUT2D eigenvalue weighted by Crippen LogP contribution is -2.29. The van der Waals surface area contributed by atoms with Crippen molar-refractivity contribution in [1.82, 2.24) is 0 Å². The van der Waals surface area contributed by atoms with E-state index in [-0.39, 0.29) is 45.5 Å². The molecule has 0 radical (unpaired) electrons. The Bertz CT molecular complexity index is 1420. The van der Waals surface area contributed by atoms with Crippen LogP contribution in [0.25, 0.3) is 22.3 Å². The summed E-state index contributed by atoms with van der Waals surface area (Å²) in [7, 11) is 2.75. The van der Waals surface area contributed by atoms with Crippen LogP contribution >= 0.6 is 0 Å². The third-order valence-electron chi connectivity index (χ3n) is 5.58. The standard InChI is InChI=1S/C26H24O10/c1-33-21-7-14(19-11-18(31)24-17(30)9-16(29)10-20(24)35-19)8-22(34-2)26(21)36-23(12-27)25(32)13-3-5-15(28)6-4-13/h3-11,23,25,27-30,32H,12H2,1-2H3/t23-,25+/m1/s1. The molecule has 10 heteroatoms. The fourth-order valence-corrected chi connectivity index (χ4v) is 3.77. The first-order valence-electron chi connectivity index (χ1n) is 10.8. The number of hydrogen-bond acceptors (Lipinski definition) is 10. The number of fused-ring (bicyclic) bond motifs is 1. The maximum atomic E-state index is 12.6. The molecule has 2 atom stereocenters. The Hall–Kier alpha value is -4.41. The summed E-state index contributed by atoms with van der Waals surface area (Å²) >= 11 is 0. The van der Waals surface area contributed by atoms with Gasteiger partial charge in [0.25, 0.3) is 0 Å². The van der Waals surface area contributed by atoms with Gasteiger partial charge >= 0.3 is 0 Å². The molecule has 188 valence electrons. The summed E-state index contributed by atoms with van der Waals surface area (Å²) in [6.07, 6.45) is -2.36. The third kappa shape index (κ3) is 4.72. The Morgan fingerprint density at radius 1 is 0.889 bits per heavy atom. The maximum absolute atomic E-state index is 12.6. The molecular weight excluding hydrogens is 472 g/mol. The first-order valence-corrected chi connectivity index (χ1v) is 10.8. The normalized spacial score (nSPS) is 12.8. The molecule has 0 saturated heterocycles. The molecule has 3 aromatic carbocycles. The zero-order valence-electron chi connectivity index (χ0n) is 19.3. The van der Waals surface area contributed by atoms with E-state index in [2.05, 4.69) is 0 Å². The predicted octanol–water partition coefficient (Wildman–Crippen LogP) is 3.07. The number of aromatic hydroxyl groups is 3. The van der Waals surface area contributed by atoms with Gasteiger partial charge in [0.05, 0.1) is 20.8 Å². The summed E-state index contributed by atoms with van der Waals surface area (Å²) in [6, 6.07) is 12.3. The summed E-state index contributed by atoms with van der Waals surface area (Å²) < 4.78 is 22.6. The van der Waals surface area contributed by atoms with Gasteiger partial charge in [-0.3, -0.25) is 4.79 Å². The molecule has 0 unspecified atom stereocenters. The first kappa shape index (κ1) is 24.7. The Morgan fingerprint density at radius 3 is 2.11 bits per heavy atom. The number of phenols is 3. The van der Waals surface area contributed by atoms with Crippen molar-refractivity contribution in [2.24, 2.45) is 0 Å². The van der Waals surface area contributed by atoms with Crippen molar-refractivity contribution in [2.75, 3.05) is 20.8 Å². The number of phenolic OH excluding ortho intramolecular Hbond substituents is 3. The average Bonchev–Trinajstić information content (AvgIpc) is 2.86. The second-order valence-electron chi connectivity index (χ2n) is 7.90. The minimum absolute atomic E-state index is 0.0226. The van der Waals surface area contributed by atoms with Gasteiger partial charge < -0.3 is 44.2 Å². The lowest BCUT2D eigenvalue weighted by atomic mass is 10.0. The fraction of sp³-hybridized carbons (Fsp3) is 0.192. The van der Waals surface area contributed by atoms with Crippen LogP contribution in [0.4, 0.5) is 0 Å². The number of hydrogen-bond donors (Lipinski definition) is 5. The van der Waals surface area contributed by atoms with Crippen LogP contribution < -0.4 is 19.6 Å². The number of rotatable bonds is 8. The molecule has 0 amide bonds. The van der Waals surface area contributed by atoms with E-state index in [4.69, 9.17) is 18.6 Å².